The van der Waals surface area contributed by atoms with Gasteiger partial charge >= 0.3 is 5.97 Å². The lowest BCUT2D eigenvalue weighted by Crippen LogP contribution is -2.31. The molecule has 78 valence electrons. The monoisotopic (exact) mass is 219 g/mol. The van der Waals surface area contributed by atoms with Crippen molar-refractivity contribution in [1.29, 1.82) is 0 Å². The summed E-state index contributed by atoms with van der Waals surface area (Å²) in [5.41, 5.74) is 0. The highest BCUT2D eigenvalue weighted by molar-refractivity contribution is 7.89. The highest BCUT2D eigenvalue weighted by Gasteiger charge is 2.23. The van der Waals surface area contributed by atoms with Crippen LogP contribution in [0.4, 0.5) is 0 Å². The van der Waals surface area contributed by atoms with E-state index in [9.17, 15) is 13.2 Å². The van der Waals surface area contributed by atoms with Crippen LogP contribution in [0, 0.1) is 0 Å². The van der Waals surface area contributed by atoms with Crippen molar-refractivity contribution in [3.05, 3.63) is 18.6 Å². The van der Waals surface area contributed by atoms with Crippen LogP contribution in [0.1, 0.15) is 0 Å². The lowest BCUT2D eigenvalue weighted by molar-refractivity contribution is -0.137. The van der Waals surface area contributed by atoms with E-state index in [1.807, 2.05) is 0 Å². The lowest BCUT2D eigenvalue weighted by Gasteiger charge is -2.12. The Bertz CT molecular complexity index is 407. The summed E-state index contributed by atoms with van der Waals surface area (Å²) in [6.07, 6.45) is 2.26. The Balaban J connectivity index is 2.92. The van der Waals surface area contributed by atoms with E-state index in [1.54, 1.807) is 0 Å². The van der Waals surface area contributed by atoms with Gasteiger partial charge in [-0.05, 0) is 6.07 Å². The van der Waals surface area contributed by atoms with E-state index in [-0.39, 0.29) is 4.90 Å². The molecule has 0 saturated heterocycles. The van der Waals surface area contributed by atoms with Gasteiger partial charge in [0, 0.05) is 7.05 Å². The standard InChI is InChI=1S/C7H9NO5S/c1-8(4-7(9)10)14(11,12)6-2-3-13-5-6/h2-3,5H,4H2,1H3,(H,9,10). The summed E-state index contributed by atoms with van der Waals surface area (Å²) in [5.74, 6) is -1.21. The van der Waals surface area contributed by atoms with Crippen LogP contribution in [-0.2, 0) is 14.8 Å². The number of likely N-dealkylation sites (N-methyl/N-ethyl adjacent to an activating group) is 1. The summed E-state index contributed by atoms with van der Waals surface area (Å²) < 4.78 is 28.4. The van der Waals surface area contributed by atoms with Gasteiger partial charge in [-0.2, -0.15) is 4.31 Å². The number of carboxylic acid groups (broad SMARTS) is 1. The first-order chi connectivity index (χ1) is 6.44. The second kappa shape index (κ2) is 3.81. The highest BCUT2D eigenvalue weighted by Crippen LogP contribution is 2.13. The van der Waals surface area contributed by atoms with Crippen LogP contribution in [0.25, 0.3) is 0 Å². The molecule has 0 atom stereocenters. The normalized spacial score (nSPS) is 11.9. The molecule has 0 aliphatic heterocycles. The number of carboxylic acids is 1. The molecule has 7 heteroatoms. The van der Waals surface area contributed by atoms with Crippen molar-refractivity contribution in [2.75, 3.05) is 13.6 Å². The zero-order chi connectivity index (χ0) is 10.8. The Morgan fingerprint density at radius 2 is 2.29 bits per heavy atom. The van der Waals surface area contributed by atoms with Crippen molar-refractivity contribution in [2.45, 2.75) is 4.90 Å². The van der Waals surface area contributed by atoms with Gasteiger partial charge < -0.3 is 9.52 Å². The first kappa shape index (κ1) is 10.7. The molecule has 1 heterocycles. The van der Waals surface area contributed by atoms with E-state index in [2.05, 4.69) is 4.42 Å². The number of nitrogens with zero attached hydrogens (tertiary/aromatic N) is 1. The molecule has 1 N–H and O–H groups in total. The Labute approximate surface area is 80.8 Å². The Morgan fingerprint density at radius 3 is 2.71 bits per heavy atom. The number of hydrogen-bond donors (Lipinski definition) is 1. The summed E-state index contributed by atoms with van der Waals surface area (Å²) in [6, 6.07) is 1.26. The number of aliphatic carboxylic acids is 1. The number of rotatable bonds is 4. The van der Waals surface area contributed by atoms with E-state index in [0.717, 1.165) is 10.6 Å². The van der Waals surface area contributed by atoms with Crippen LogP contribution in [-0.4, -0.2) is 37.4 Å². The molecule has 1 rings (SSSR count). The summed E-state index contributed by atoms with van der Waals surface area (Å²) in [4.78, 5) is 10.2. The third-order valence-corrected chi connectivity index (χ3v) is 3.34. The second-order valence-corrected chi connectivity index (χ2v) is 4.66. The molecule has 0 aliphatic rings. The van der Waals surface area contributed by atoms with Gasteiger partial charge in [-0.25, -0.2) is 8.42 Å². The highest BCUT2D eigenvalue weighted by atomic mass is 32.2. The minimum absolute atomic E-state index is 0.0544. The van der Waals surface area contributed by atoms with Gasteiger partial charge in [-0.3, -0.25) is 4.79 Å². The molecule has 0 aromatic carbocycles. The number of furan rings is 1. The molecule has 0 bridgehead atoms. The molecule has 1 aromatic heterocycles. The molecule has 0 aliphatic carbocycles. The molecule has 0 unspecified atom stereocenters. The quantitative estimate of drug-likeness (QED) is 0.769. The minimum Gasteiger partial charge on any atom is -0.480 e. The predicted octanol–water partition coefficient (Wildman–Crippen LogP) is -0.0153. The van der Waals surface area contributed by atoms with Crippen molar-refractivity contribution in [2.24, 2.45) is 0 Å². The maximum absolute atomic E-state index is 11.5. The van der Waals surface area contributed by atoms with Crippen molar-refractivity contribution >= 4 is 16.0 Å². The maximum Gasteiger partial charge on any atom is 0.318 e. The van der Waals surface area contributed by atoms with E-state index in [0.29, 0.717) is 0 Å². The molecule has 14 heavy (non-hydrogen) atoms. The van der Waals surface area contributed by atoms with Crippen molar-refractivity contribution in [1.82, 2.24) is 4.31 Å². The number of sulfonamides is 1. The minimum atomic E-state index is -3.73. The third-order valence-electron chi connectivity index (χ3n) is 1.56. The smallest absolute Gasteiger partial charge is 0.318 e. The number of carbonyl (C=O) groups is 1. The molecule has 1 aromatic rings. The summed E-state index contributed by atoms with van der Waals surface area (Å²) >= 11 is 0. The first-order valence-electron chi connectivity index (χ1n) is 3.65. The van der Waals surface area contributed by atoms with E-state index in [4.69, 9.17) is 5.11 Å². The fourth-order valence-corrected chi connectivity index (χ4v) is 1.90. The first-order valence-corrected chi connectivity index (χ1v) is 5.09. The zero-order valence-electron chi connectivity index (χ0n) is 7.37. The van der Waals surface area contributed by atoms with E-state index >= 15 is 0 Å². The molecular weight excluding hydrogens is 210 g/mol. The molecule has 0 saturated carbocycles. The molecule has 0 radical (unpaired) electrons. The van der Waals surface area contributed by atoms with Crippen LogP contribution >= 0.6 is 0 Å². The molecule has 0 spiro atoms. The van der Waals surface area contributed by atoms with Crippen molar-refractivity contribution in [3.63, 3.8) is 0 Å². The van der Waals surface area contributed by atoms with Gasteiger partial charge in [0.2, 0.25) is 10.0 Å². The topological polar surface area (TPSA) is 87.8 Å². The third kappa shape index (κ3) is 2.12. The van der Waals surface area contributed by atoms with Crippen LogP contribution in [0.2, 0.25) is 0 Å². The van der Waals surface area contributed by atoms with E-state index < -0.39 is 22.5 Å². The fourth-order valence-electron chi connectivity index (χ4n) is 0.854. The molecule has 6 nitrogen and oxygen atoms in total. The van der Waals surface area contributed by atoms with Crippen LogP contribution in [0.15, 0.2) is 27.9 Å². The average molecular weight is 219 g/mol. The van der Waals surface area contributed by atoms with Crippen LogP contribution in [0.5, 0.6) is 0 Å². The maximum atomic E-state index is 11.5. The summed E-state index contributed by atoms with van der Waals surface area (Å²) in [6.45, 7) is -0.576. The Morgan fingerprint density at radius 1 is 1.64 bits per heavy atom. The van der Waals surface area contributed by atoms with Crippen LogP contribution < -0.4 is 0 Å². The molecule has 0 fully saturated rings. The van der Waals surface area contributed by atoms with Crippen molar-refractivity contribution < 1.29 is 22.7 Å². The summed E-state index contributed by atoms with van der Waals surface area (Å²) in [5, 5.41) is 8.42. The zero-order valence-corrected chi connectivity index (χ0v) is 8.19. The molecule has 0 amide bonds. The predicted molar refractivity (Wildman–Crippen MR) is 46.2 cm³/mol. The summed E-state index contributed by atoms with van der Waals surface area (Å²) in [7, 11) is -2.54. The molecular formula is C7H9NO5S. The SMILES string of the molecule is CN(CC(=O)O)S(=O)(=O)c1ccoc1. The number of hydrogen-bond acceptors (Lipinski definition) is 4. The lowest BCUT2D eigenvalue weighted by atomic mass is 10.7. The van der Waals surface area contributed by atoms with Gasteiger partial charge in [0.25, 0.3) is 0 Å². The fraction of sp³-hybridized carbons (Fsp3) is 0.286. The van der Waals surface area contributed by atoms with Gasteiger partial charge in [0.05, 0.1) is 6.26 Å². The van der Waals surface area contributed by atoms with E-state index in [1.165, 1.54) is 19.4 Å². The van der Waals surface area contributed by atoms with Crippen LogP contribution in [0.3, 0.4) is 0 Å². The van der Waals surface area contributed by atoms with Gasteiger partial charge in [-0.1, -0.05) is 0 Å². The van der Waals surface area contributed by atoms with Gasteiger partial charge in [-0.15, -0.1) is 0 Å². The van der Waals surface area contributed by atoms with Gasteiger partial charge in [0.1, 0.15) is 17.7 Å². The second-order valence-electron chi connectivity index (χ2n) is 2.61. The largest absolute Gasteiger partial charge is 0.480 e. The Hall–Kier alpha value is -1.34. The average Bonchev–Trinajstić information content (AvgIpc) is 2.54. The van der Waals surface area contributed by atoms with Crippen molar-refractivity contribution in [3.8, 4) is 0 Å². The Kier molecular flexibility index (Phi) is 2.92. The van der Waals surface area contributed by atoms with Gasteiger partial charge in [0.15, 0.2) is 0 Å².